The van der Waals surface area contributed by atoms with Gasteiger partial charge in [0.15, 0.2) is 23.3 Å². The monoisotopic (exact) mass is 208 g/mol. The molecule has 0 aromatic heterocycles. The Kier molecular flexibility index (Phi) is 2.70. The number of hydrogen-bond acceptors (Lipinski definition) is 2. The Balaban J connectivity index is 3.47. The summed E-state index contributed by atoms with van der Waals surface area (Å²) >= 11 is 0. The molecule has 0 fully saturated rings. The molecule has 0 bridgehead atoms. The quantitative estimate of drug-likeness (QED) is 0.236. The highest BCUT2D eigenvalue weighted by Crippen LogP contribution is 2.18. The Labute approximate surface area is 75.5 Å². The molecule has 0 aliphatic rings. The number of nitrogens with two attached hydrogens (primary N) is 1. The minimum atomic E-state index is -1.79. The van der Waals surface area contributed by atoms with Crippen molar-refractivity contribution < 1.29 is 22.4 Å². The van der Waals surface area contributed by atoms with Crippen LogP contribution >= 0.6 is 0 Å². The third-order valence-corrected chi connectivity index (χ3v) is 1.47. The van der Waals surface area contributed by atoms with Crippen LogP contribution in [0.15, 0.2) is 6.07 Å². The summed E-state index contributed by atoms with van der Waals surface area (Å²) in [6.07, 6.45) is 0. The van der Waals surface area contributed by atoms with Crippen molar-refractivity contribution in [2.45, 2.75) is 0 Å². The van der Waals surface area contributed by atoms with Crippen LogP contribution in [0.1, 0.15) is 10.4 Å². The zero-order valence-electron chi connectivity index (χ0n) is 6.57. The normalized spacial score (nSPS) is 10.1. The van der Waals surface area contributed by atoms with Crippen LogP contribution < -0.4 is 11.3 Å². The summed E-state index contributed by atoms with van der Waals surface area (Å²) in [4.78, 5) is 10.7. The van der Waals surface area contributed by atoms with E-state index in [1.165, 1.54) is 5.43 Å². The Hall–Kier alpha value is -1.63. The largest absolute Gasteiger partial charge is 0.290 e. The fourth-order valence-electron chi connectivity index (χ4n) is 0.845. The van der Waals surface area contributed by atoms with Crippen LogP contribution in [0.2, 0.25) is 0 Å². The molecule has 0 saturated carbocycles. The molecule has 14 heavy (non-hydrogen) atoms. The molecule has 0 atom stereocenters. The van der Waals surface area contributed by atoms with Gasteiger partial charge < -0.3 is 0 Å². The maximum absolute atomic E-state index is 12.8. The highest BCUT2D eigenvalue weighted by atomic mass is 19.2. The van der Waals surface area contributed by atoms with Crippen LogP contribution in [0.25, 0.3) is 0 Å². The van der Waals surface area contributed by atoms with Crippen LogP contribution in [0.3, 0.4) is 0 Å². The first-order chi connectivity index (χ1) is 6.49. The van der Waals surface area contributed by atoms with Crippen LogP contribution in [0.4, 0.5) is 17.6 Å². The molecule has 0 aliphatic carbocycles. The number of nitrogen functional groups attached to an aromatic ring is 1. The van der Waals surface area contributed by atoms with Crippen LogP contribution in [-0.2, 0) is 0 Å². The molecule has 0 aliphatic heterocycles. The van der Waals surface area contributed by atoms with Crippen molar-refractivity contribution in [3.63, 3.8) is 0 Å². The molecule has 7 heteroatoms. The van der Waals surface area contributed by atoms with E-state index in [-0.39, 0.29) is 6.07 Å². The number of carbonyl (C=O) groups is 1. The van der Waals surface area contributed by atoms with E-state index in [9.17, 15) is 22.4 Å². The number of benzene rings is 1. The number of rotatable bonds is 1. The van der Waals surface area contributed by atoms with Crippen LogP contribution in [0, 0.1) is 23.3 Å². The number of halogens is 4. The number of amides is 1. The van der Waals surface area contributed by atoms with E-state index in [4.69, 9.17) is 0 Å². The van der Waals surface area contributed by atoms with Gasteiger partial charge in [0.2, 0.25) is 0 Å². The van der Waals surface area contributed by atoms with Gasteiger partial charge in [-0.05, 0) is 0 Å². The molecular weight excluding hydrogens is 204 g/mol. The Bertz CT molecular complexity index is 368. The standard InChI is InChI=1S/C7H4F4N2O/c8-2-1-3(9)6(11)4(5(2)10)7(14)13-12/h1H,12H2,(H,13,14). The lowest BCUT2D eigenvalue weighted by molar-refractivity contribution is 0.0942. The molecule has 1 aromatic carbocycles. The number of carbonyl (C=O) groups excluding carboxylic acids is 1. The van der Waals surface area contributed by atoms with Gasteiger partial charge in [0.1, 0.15) is 5.56 Å². The predicted molar refractivity (Wildman–Crippen MR) is 37.9 cm³/mol. The fourth-order valence-corrected chi connectivity index (χ4v) is 0.845. The van der Waals surface area contributed by atoms with E-state index in [0.29, 0.717) is 0 Å². The van der Waals surface area contributed by atoms with E-state index in [1.807, 2.05) is 0 Å². The SMILES string of the molecule is NNC(=O)c1c(F)c(F)cc(F)c1F. The molecule has 0 radical (unpaired) electrons. The van der Waals surface area contributed by atoms with Gasteiger partial charge in [-0.1, -0.05) is 0 Å². The molecule has 1 rings (SSSR count). The predicted octanol–water partition coefficient (Wildman–Crippen LogP) is 0.847. The Morgan fingerprint density at radius 2 is 1.57 bits per heavy atom. The van der Waals surface area contributed by atoms with E-state index in [0.717, 1.165) is 0 Å². The molecule has 0 unspecified atom stereocenters. The van der Waals surface area contributed by atoms with Crippen LogP contribution in [0.5, 0.6) is 0 Å². The lowest BCUT2D eigenvalue weighted by atomic mass is 10.1. The van der Waals surface area contributed by atoms with E-state index >= 15 is 0 Å². The van der Waals surface area contributed by atoms with E-state index < -0.39 is 34.7 Å². The van der Waals surface area contributed by atoms with Crippen molar-refractivity contribution in [3.05, 3.63) is 34.9 Å². The average molecular weight is 208 g/mol. The summed E-state index contributed by atoms with van der Waals surface area (Å²) < 4.78 is 50.6. The maximum atomic E-state index is 12.8. The van der Waals surface area contributed by atoms with Crippen molar-refractivity contribution >= 4 is 5.91 Å². The topological polar surface area (TPSA) is 55.1 Å². The van der Waals surface area contributed by atoms with Gasteiger partial charge in [-0.15, -0.1) is 0 Å². The van der Waals surface area contributed by atoms with Gasteiger partial charge in [-0.3, -0.25) is 10.2 Å². The highest BCUT2D eigenvalue weighted by Gasteiger charge is 2.23. The smallest absolute Gasteiger partial charge is 0.271 e. The molecule has 76 valence electrons. The lowest BCUT2D eigenvalue weighted by Gasteiger charge is -2.04. The summed E-state index contributed by atoms with van der Waals surface area (Å²) in [6.45, 7) is 0. The molecule has 0 spiro atoms. The minimum Gasteiger partial charge on any atom is -0.290 e. The summed E-state index contributed by atoms with van der Waals surface area (Å²) in [5.41, 5.74) is -0.0192. The van der Waals surface area contributed by atoms with Gasteiger partial charge in [0.25, 0.3) is 5.91 Å². The van der Waals surface area contributed by atoms with Crippen molar-refractivity contribution in [2.24, 2.45) is 5.84 Å². The van der Waals surface area contributed by atoms with E-state index in [2.05, 4.69) is 5.84 Å². The van der Waals surface area contributed by atoms with Crippen molar-refractivity contribution in [2.75, 3.05) is 0 Å². The zero-order valence-corrected chi connectivity index (χ0v) is 6.57. The second-order valence-corrected chi connectivity index (χ2v) is 2.32. The summed E-state index contributed by atoms with van der Waals surface area (Å²) in [6, 6.07) is -0.00202. The van der Waals surface area contributed by atoms with Crippen LogP contribution in [-0.4, -0.2) is 5.91 Å². The molecular formula is C7H4F4N2O. The van der Waals surface area contributed by atoms with E-state index in [1.54, 1.807) is 0 Å². The van der Waals surface area contributed by atoms with Gasteiger partial charge in [-0.2, -0.15) is 0 Å². The minimum absolute atomic E-state index is 0.00202. The van der Waals surface area contributed by atoms with Crippen molar-refractivity contribution in [1.82, 2.24) is 5.43 Å². The van der Waals surface area contributed by atoms with Crippen molar-refractivity contribution in [1.29, 1.82) is 0 Å². The highest BCUT2D eigenvalue weighted by molar-refractivity contribution is 5.94. The van der Waals surface area contributed by atoms with Crippen molar-refractivity contribution in [3.8, 4) is 0 Å². The molecule has 3 N–H and O–H groups in total. The molecule has 1 aromatic rings. The fraction of sp³-hybridized carbons (Fsp3) is 0. The van der Waals surface area contributed by atoms with Gasteiger partial charge in [-0.25, -0.2) is 23.4 Å². The average Bonchev–Trinajstić information content (AvgIpc) is 2.15. The number of hydrazine groups is 1. The zero-order chi connectivity index (χ0) is 10.9. The Morgan fingerprint density at radius 1 is 1.14 bits per heavy atom. The molecule has 1 amide bonds. The second kappa shape index (κ2) is 3.62. The first-order valence-corrected chi connectivity index (χ1v) is 3.33. The summed E-state index contributed by atoms with van der Waals surface area (Å²) in [5.74, 6) is -3.78. The third-order valence-electron chi connectivity index (χ3n) is 1.47. The third kappa shape index (κ3) is 1.53. The molecule has 3 nitrogen and oxygen atoms in total. The van der Waals surface area contributed by atoms with Gasteiger partial charge >= 0.3 is 0 Å². The molecule has 0 heterocycles. The van der Waals surface area contributed by atoms with Gasteiger partial charge in [0.05, 0.1) is 0 Å². The van der Waals surface area contributed by atoms with Gasteiger partial charge in [0, 0.05) is 6.07 Å². The molecule has 0 saturated heterocycles. The first kappa shape index (κ1) is 10.5. The summed E-state index contributed by atoms with van der Waals surface area (Å²) in [5, 5.41) is 0. The lowest BCUT2D eigenvalue weighted by Crippen LogP contribution is -2.32. The second-order valence-electron chi connectivity index (χ2n) is 2.32. The maximum Gasteiger partial charge on any atom is 0.271 e. The first-order valence-electron chi connectivity index (χ1n) is 3.33. The number of hydrogen-bond donors (Lipinski definition) is 2. The number of nitrogens with one attached hydrogen (secondary N) is 1. The summed E-state index contributed by atoms with van der Waals surface area (Å²) in [7, 11) is 0. The Morgan fingerprint density at radius 3 is 1.93 bits per heavy atom.